The molecule has 5 nitrogen and oxygen atoms in total. The third-order valence-corrected chi connectivity index (χ3v) is 4.06. The molecule has 0 saturated carbocycles. The van der Waals surface area contributed by atoms with Crippen LogP contribution in [0.25, 0.3) is 0 Å². The van der Waals surface area contributed by atoms with Crippen LogP contribution in [0.5, 0.6) is 0 Å². The molecular formula is C18H19NO4. The summed E-state index contributed by atoms with van der Waals surface area (Å²) in [7, 11) is 0. The Kier molecular flexibility index (Phi) is 3.94. The zero-order valence-electron chi connectivity index (χ0n) is 13.5. The molecule has 0 N–H and O–H groups in total. The molecule has 1 amide bonds. The highest BCUT2D eigenvalue weighted by atomic mass is 16.5. The maximum absolute atomic E-state index is 12.5. The highest BCUT2D eigenvalue weighted by molar-refractivity contribution is 5.99. The van der Waals surface area contributed by atoms with Crippen molar-refractivity contribution in [2.75, 3.05) is 11.5 Å². The number of carbonyl (C=O) groups excluding carboxylic acids is 2. The molecule has 0 aliphatic carbocycles. The number of carbonyl (C=O) groups is 2. The Labute approximate surface area is 134 Å². The largest absolute Gasteiger partial charge is 0.466 e. The van der Waals surface area contributed by atoms with Crippen molar-refractivity contribution in [3.05, 3.63) is 53.0 Å². The summed E-state index contributed by atoms with van der Waals surface area (Å²) in [5.74, 6) is 0.393. The Morgan fingerprint density at radius 1 is 1.30 bits per heavy atom. The van der Waals surface area contributed by atoms with Crippen molar-refractivity contribution < 1.29 is 18.7 Å². The van der Waals surface area contributed by atoms with E-state index in [2.05, 4.69) is 0 Å². The first-order valence-electron chi connectivity index (χ1n) is 7.61. The maximum atomic E-state index is 12.5. The van der Waals surface area contributed by atoms with Crippen LogP contribution in [0.2, 0.25) is 0 Å². The molecule has 1 aliphatic rings. The molecule has 120 valence electrons. The van der Waals surface area contributed by atoms with Gasteiger partial charge in [-0.25, -0.2) is 4.79 Å². The van der Waals surface area contributed by atoms with E-state index in [0.717, 1.165) is 17.7 Å². The van der Waals surface area contributed by atoms with Gasteiger partial charge in [0.15, 0.2) is 6.61 Å². The molecule has 2 aromatic rings. The minimum atomic E-state index is -0.534. The Morgan fingerprint density at radius 3 is 2.74 bits per heavy atom. The maximum Gasteiger partial charge on any atom is 0.342 e. The number of hydrogen-bond acceptors (Lipinski definition) is 4. The molecular weight excluding hydrogens is 294 g/mol. The van der Waals surface area contributed by atoms with Crippen LogP contribution in [0, 0.1) is 13.8 Å². The number of para-hydroxylation sites is 1. The van der Waals surface area contributed by atoms with Crippen molar-refractivity contribution >= 4 is 17.6 Å². The van der Waals surface area contributed by atoms with Gasteiger partial charge in [0, 0.05) is 11.7 Å². The number of rotatable bonds is 3. The first-order chi connectivity index (χ1) is 11.0. The van der Waals surface area contributed by atoms with Crippen LogP contribution in [0.1, 0.15) is 34.4 Å². The number of furan rings is 1. The molecule has 3 rings (SSSR count). The van der Waals surface area contributed by atoms with Gasteiger partial charge >= 0.3 is 5.97 Å². The van der Waals surface area contributed by atoms with Crippen molar-refractivity contribution in [1.29, 1.82) is 0 Å². The molecule has 1 aromatic carbocycles. The van der Waals surface area contributed by atoms with Gasteiger partial charge in [-0.05, 0) is 44.9 Å². The first-order valence-corrected chi connectivity index (χ1v) is 7.61. The molecule has 0 unspecified atom stereocenters. The summed E-state index contributed by atoms with van der Waals surface area (Å²) >= 11 is 0. The van der Waals surface area contributed by atoms with Gasteiger partial charge in [-0.1, -0.05) is 18.2 Å². The predicted octanol–water partition coefficient (Wildman–Crippen LogP) is 3.03. The van der Waals surface area contributed by atoms with E-state index < -0.39 is 5.97 Å². The molecule has 0 radical (unpaired) electrons. The number of benzene rings is 1. The minimum Gasteiger partial charge on any atom is -0.466 e. The fourth-order valence-electron chi connectivity index (χ4n) is 3.05. The Bertz CT molecular complexity index is 762. The third kappa shape index (κ3) is 2.86. The summed E-state index contributed by atoms with van der Waals surface area (Å²) in [4.78, 5) is 26.2. The quantitative estimate of drug-likeness (QED) is 0.817. The van der Waals surface area contributed by atoms with Gasteiger partial charge in [-0.2, -0.15) is 0 Å². The highest BCUT2D eigenvalue weighted by Crippen LogP contribution is 2.31. The second-order valence-electron chi connectivity index (χ2n) is 5.85. The van der Waals surface area contributed by atoms with E-state index in [1.807, 2.05) is 31.2 Å². The number of anilines is 1. The summed E-state index contributed by atoms with van der Waals surface area (Å²) in [5.41, 5.74) is 2.41. The van der Waals surface area contributed by atoms with Crippen LogP contribution in [-0.4, -0.2) is 24.5 Å². The van der Waals surface area contributed by atoms with Crippen LogP contribution in [0.15, 0.2) is 34.7 Å². The summed E-state index contributed by atoms with van der Waals surface area (Å²) in [5, 5.41) is 0. The van der Waals surface area contributed by atoms with Gasteiger partial charge in [0.1, 0.15) is 17.1 Å². The fraction of sp³-hybridized carbons (Fsp3) is 0.333. The standard InChI is InChI=1S/C18H19NO4/c1-11-8-14-6-4-5-7-16(14)19(11)17(20)10-22-18(21)15-9-12(2)23-13(15)3/h4-7,9,11H,8,10H2,1-3H3/t11-/m0/s1. The van der Waals surface area contributed by atoms with E-state index in [4.69, 9.17) is 9.15 Å². The number of amides is 1. The number of esters is 1. The van der Waals surface area contributed by atoms with E-state index >= 15 is 0 Å². The third-order valence-electron chi connectivity index (χ3n) is 4.06. The smallest absolute Gasteiger partial charge is 0.342 e. The SMILES string of the molecule is Cc1cc(C(=O)OCC(=O)N2c3ccccc3C[C@@H]2C)c(C)o1. The van der Waals surface area contributed by atoms with Crippen LogP contribution in [0.4, 0.5) is 5.69 Å². The molecule has 1 atom stereocenters. The lowest BCUT2D eigenvalue weighted by atomic mass is 10.1. The molecule has 1 aliphatic heterocycles. The second kappa shape index (κ2) is 5.91. The van der Waals surface area contributed by atoms with E-state index in [9.17, 15) is 9.59 Å². The first kappa shape index (κ1) is 15.3. The van der Waals surface area contributed by atoms with Crippen LogP contribution in [-0.2, 0) is 16.0 Å². The summed E-state index contributed by atoms with van der Waals surface area (Å²) in [6.45, 7) is 5.17. The lowest BCUT2D eigenvalue weighted by Gasteiger charge is -2.22. The lowest BCUT2D eigenvalue weighted by Crippen LogP contribution is -2.38. The van der Waals surface area contributed by atoms with E-state index in [-0.39, 0.29) is 18.6 Å². The molecule has 0 saturated heterocycles. The van der Waals surface area contributed by atoms with Gasteiger partial charge in [-0.3, -0.25) is 4.79 Å². The number of aryl methyl sites for hydroxylation is 2. The van der Waals surface area contributed by atoms with Crippen molar-refractivity contribution in [1.82, 2.24) is 0 Å². The lowest BCUT2D eigenvalue weighted by molar-refractivity contribution is -0.122. The van der Waals surface area contributed by atoms with E-state index in [1.54, 1.807) is 24.8 Å². The van der Waals surface area contributed by atoms with Gasteiger partial charge in [0.25, 0.3) is 5.91 Å². The fourth-order valence-corrected chi connectivity index (χ4v) is 3.05. The Balaban J connectivity index is 1.68. The summed E-state index contributed by atoms with van der Waals surface area (Å²) < 4.78 is 10.5. The van der Waals surface area contributed by atoms with Gasteiger partial charge in [0.05, 0.1) is 0 Å². The van der Waals surface area contributed by atoms with Gasteiger partial charge in [-0.15, -0.1) is 0 Å². The topological polar surface area (TPSA) is 59.8 Å². The Hall–Kier alpha value is -2.56. The normalized spacial score (nSPS) is 16.3. The van der Waals surface area contributed by atoms with Gasteiger partial charge in [0.2, 0.25) is 0 Å². The van der Waals surface area contributed by atoms with Crippen LogP contribution < -0.4 is 4.90 Å². The van der Waals surface area contributed by atoms with E-state index in [1.165, 1.54) is 0 Å². The average molecular weight is 313 g/mol. The van der Waals surface area contributed by atoms with Crippen LogP contribution in [0.3, 0.4) is 0 Å². The number of ether oxygens (including phenoxy) is 1. The molecule has 0 fully saturated rings. The van der Waals surface area contributed by atoms with Crippen molar-refractivity contribution in [2.24, 2.45) is 0 Å². The second-order valence-corrected chi connectivity index (χ2v) is 5.85. The van der Waals surface area contributed by atoms with Gasteiger partial charge < -0.3 is 14.1 Å². The summed E-state index contributed by atoms with van der Waals surface area (Å²) in [6, 6.07) is 9.49. The highest BCUT2D eigenvalue weighted by Gasteiger charge is 2.31. The number of fused-ring (bicyclic) bond motifs is 1. The monoisotopic (exact) mass is 313 g/mol. The predicted molar refractivity (Wildman–Crippen MR) is 85.6 cm³/mol. The molecule has 1 aromatic heterocycles. The van der Waals surface area contributed by atoms with Crippen molar-refractivity contribution in [3.8, 4) is 0 Å². The zero-order valence-corrected chi connectivity index (χ0v) is 13.5. The molecule has 23 heavy (non-hydrogen) atoms. The summed E-state index contributed by atoms with van der Waals surface area (Å²) in [6.07, 6.45) is 0.815. The number of nitrogens with zero attached hydrogens (tertiary/aromatic N) is 1. The van der Waals surface area contributed by atoms with Crippen molar-refractivity contribution in [3.63, 3.8) is 0 Å². The Morgan fingerprint density at radius 2 is 2.04 bits per heavy atom. The molecule has 0 bridgehead atoms. The minimum absolute atomic E-state index is 0.0662. The molecule has 0 spiro atoms. The average Bonchev–Trinajstić information content (AvgIpc) is 3.02. The molecule has 5 heteroatoms. The van der Waals surface area contributed by atoms with E-state index in [0.29, 0.717) is 17.1 Å². The number of hydrogen-bond donors (Lipinski definition) is 0. The molecule has 2 heterocycles. The van der Waals surface area contributed by atoms with Crippen molar-refractivity contribution in [2.45, 2.75) is 33.2 Å². The van der Waals surface area contributed by atoms with Crippen LogP contribution >= 0.6 is 0 Å². The zero-order chi connectivity index (χ0) is 16.6.